The number of nitrogens with one attached hydrogen (secondary N) is 3. The summed E-state index contributed by atoms with van der Waals surface area (Å²) in [4.78, 5) is 22.9. The molecule has 0 radical (unpaired) electrons. The largest absolute Gasteiger partial charge is 0.351 e. The maximum Gasteiger partial charge on any atom is 0.251 e. The molecule has 0 spiro atoms. The molecule has 0 bridgehead atoms. The van der Waals surface area contributed by atoms with Gasteiger partial charge in [-0.25, -0.2) is 13.1 Å². The lowest BCUT2D eigenvalue weighted by atomic mass is 10.2. The van der Waals surface area contributed by atoms with E-state index in [1.54, 1.807) is 24.3 Å². The normalized spacial score (nSPS) is 11.1. The van der Waals surface area contributed by atoms with Gasteiger partial charge in [0.1, 0.15) is 4.21 Å². The first kappa shape index (κ1) is 19.4. The molecule has 0 unspecified atom stereocenters. The second-order valence-electron chi connectivity index (χ2n) is 4.97. The van der Waals surface area contributed by atoms with E-state index in [1.165, 1.54) is 19.1 Å². The maximum atomic E-state index is 12.0. The highest BCUT2D eigenvalue weighted by molar-refractivity contribution is 7.91. The Kier molecular flexibility index (Phi) is 6.54. The van der Waals surface area contributed by atoms with Crippen LogP contribution in [-0.2, 0) is 14.8 Å². The van der Waals surface area contributed by atoms with Crippen LogP contribution >= 0.6 is 22.9 Å². The van der Waals surface area contributed by atoms with Gasteiger partial charge in [-0.3, -0.25) is 9.59 Å². The molecule has 0 atom stereocenters. The molecule has 1 aromatic carbocycles. The van der Waals surface area contributed by atoms with Crippen molar-refractivity contribution in [1.29, 1.82) is 0 Å². The van der Waals surface area contributed by atoms with Gasteiger partial charge < -0.3 is 10.6 Å². The van der Waals surface area contributed by atoms with Crippen molar-refractivity contribution in [3.8, 4) is 0 Å². The number of benzene rings is 1. The van der Waals surface area contributed by atoms with E-state index in [2.05, 4.69) is 15.4 Å². The summed E-state index contributed by atoms with van der Waals surface area (Å²) in [6.07, 6.45) is 0. The van der Waals surface area contributed by atoms with Crippen LogP contribution in [0.4, 0.5) is 5.69 Å². The van der Waals surface area contributed by atoms with E-state index in [0.29, 0.717) is 15.6 Å². The lowest BCUT2D eigenvalue weighted by Gasteiger charge is -2.08. The molecule has 0 aliphatic rings. The summed E-state index contributed by atoms with van der Waals surface area (Å²) in [5.74, 6) is -0.538. The molecule has 0 saturated carbocycles. The van der Waals surface area contributed by atoms with Crippen molar-refractivity contribution in [2.45, 2.75) is 11.1 Å². The van der Waals surface area contributed by atoms with Gasteiger partial charge in [0.05, 0.1) is 4.34 Å². The van der Waals surface area contributed by atoms with Crippen molar-refractivity contribution >= 4 is 50.5 Å². The first-order chi connectivity index (χ1) is 11.8. The van der Waals surface area contributed by atoms with E-state index in [9.17, 15) is 18.0 Å². The molecular formula is C15H16ClN3O4S2. The van der Waals surface area contributed by atoms with Crippen molar-refractivity contribution in [3.05, 3.63) is 46.3 Å². The van der Waals surface area contributed by atoms with Gasteiger partial charge in [0.15, 0.2) is 0 Å². The third-order valence-electron chi connectivity index (χ3n) is 2.98. The second-order valence-corrected chi connectivity index (χ2v) is 8.68. The first-order valence-electron chi connectivity index (χ1n) is 7.19. The van der Waals surface area contributed by atoms with E-state index in [1.807, 2.05) is 0 Å². The van der Waals surface area contributed by atoms with Crippen LogP contribution in [-0.4, -0.2) is 33.3 Å². The van der Waals surface area contributed by atoms with Gasteiger partial charge in [0, 0.05) is 31.3 Å². The van der Waals surface area contributed by atoms with Gasteiger partial charge in [-0.05, 0) is 36.4 Å². The number of hydrogen-bond acceptors (Lipinski definition) is 5. The van der Waals surface area contributed by atoms with Crippen LogP contribution in [0, 0.1) is 0 Å². The lowest BCUT2D eigenvalue weighted by molar-refractivity contribution is -0.114. The molecule has 134 valence electrons. The first-order valence-corrected chi connectivity index (χ1v) is 9.86. The third kappa shape index (κ3) is 5.82. The lowest BCUT2D eigenvalue weighted by Crippen LogP contribution is -2.34. The Balaban J connectivity index is 1.81. The fourth-order valence-electron chi connectivity index (χ4n) is 1.88. The molecule has 1 aromatic heterocycles. The zero-order valence-corrected chi connectivity index (χ0v) is 15.6. The van der Waals surface area contributed by atoms with E-state index in [0.717, 1.165) is 11.3 Å². The smallest absolute Gasteiger partial charge is 0.251 e. The number of rotatable bonds is 7. The number of hydrogen-bond donors (Lipinski definition) is 3. The van der Waals surface area contributed by atoms with Gasteiger partial charge in [0.2, 0.25) is 15.9 Å². The minimum atomic E-state index is -3.63. The van der Waals surface area contributed by atoms with Crippen LogP contribution in [0.3, 0.4) is 0 Å². The molecule has 7 nitrogen and oxygen atoms in total. The molecule has 2 amide bonds. The Labute approximate surface area is 154 Å². The second kappa shape index (κ2) is 8.43. The SMILES string of the molecule is CC(=O)Nc1ccc(C(=O)NCCNS(=O)(=O)c2ccc(Cl)s2)cc1. The summed E-state index contributed by atoms with van der Waals surface area (Å²) < 4.78 is 26.9. The molecular weight excluding hydrogens is 386 g/mol. The summed E-state index contributed by atoms with van der Waals surface area (Å²) in [5, 5.41) is 5.21. The van der Waals surface area contributed by atoms with Gasteiger partial charge in [0.25, 0.3) is 5.91 Å². The number of sulfonamides is 1. The molecule has 2 rings (SSSR count). The molecule has 0 saturated heterocycles. The molecule has 2 aromatic rings. The van der Waals surface area contributed by atoms with Crippen molar-refractivity contribution in [3.63, 3.8) is 0 Å². The zero-order valence-electron chi connectivity index (χ0n) is 13.2. The minimum Gasteiger partial charge on any atom is -0.351 e. The Bertz CT molecular complexity index is 863. The minimum absolute atomic E-state index is 0.0492. The molecule has 0 fully saturated rings. The quantitative estimate of drug-likeness (QED) is 0.617. The standard InChI is InChI=1S/C15H16ClN3O4S2/c1-10(20)19-12-4-2-11(3-5-12)15(21)17-8-9-18-25(22,23)14-7-6-13(16)24-14/h2-7,18H,8-9H2,1H3,(H,17,21)(H,19,20). The number of carbonyl (C=O) groups is 2. The number of anilines is 1. The number of thiophene rings is 1. The average molecular weight is 402 g/mol. The number of halogens is 1. The molecule has 10 heteroatoms. The molecule has 0 aliphatic carbocycles. The van der Waals surface area contributed by atoms with Gasteiger partial charge in [-0.2, -0.15) is 0 Å². The highest BCUT2D eigenvalue weighted by atomic mass is 35.5. The van der Waals surface area contributed by atoms with Crippen molar-refractivity contribution in [2.24, 2.45) is 0 Å². The Morgan fingerprint density at radius 3 is 2.32 bits per heavy atom. The summed E-state index contributed by atoms with van der Waals surface area (Å²) in [6.45, 7) is 1.57. The van der Waals surface area contributed by atoms with Crippen LogP contribution in [0.25, 0.3) is 0 Å². The van der Waals surface area contributed by atoms with Crippen LogP contribution in [0.1, 0.15) is 17.3 Å². The average Bonchev–Trinajstić information content (AvgIpc) is 2.99. The topological polar surface area (TPSA) is 104 Å². The Hall–Kier alpha value is -1.94. The fourth-order valence-corrected chi connectivity index (χ4v) is 4.44. The Morgan fingerprint density at radius 1 is 1.08 bits per heavy atom. The zero-order chi connectivity index (χ0) is 18.4. The van der Waals surface area contributed by atoms with E-state index in [4.69, 9.17) is 11.6 Å². The molecule has 3 N–H and O–H groups in total. The van der Waals surface area contributed by atoms with Gasteiger partial charge in [-0.15, -0.1) is 11.3 Å². The summed E-state index contributed by atoms with van der Waals surface area (Å²) >= 11 is 6.68. The summed E-state index contributed by atoms with van der Waals surface area (Å²) in [6, 6.07) is 9.29. The van der Waals surface area contributed by atoms with Crippen LogP contribution in [0.15, 0.2) is 40.6 Å². The highest BCUT2D eigenvalue weighted by Gasteiger charge is 2.16. The van der Waals surface area contributed by atoms with E-state index in [-0.39, 0.29) is 29.1 Å². The maximum absolute atomic E-state index is 12.0. The van der Waals surface area contributed by atoms with Crippen molar-refractivity contribution < 1.29 is 18.0 Å². The Morgan fingerprint density at radius 2 is 1.76 bits per heavy atom. The predicted molar refractivity (Wildman–Crippen MR) is 97.6 cm³/mol. The highest BCUT2D eigenvalue weighted by Crippen LogP contribution is 2.25. The van der Waals surface area contributed by atoms with Crippen molar-refractivity contribution in [2.75, 3.05) is 18.4 Å². The summed E-state index contributed by atoms with van der Waals surface area (Å²) in [7, 11) is -3.63. The predicted octanol–water partition coefficient (Wildman–Crippen LogP) is 2.07. The van der Waals surface area contributed by atoms with Crippen molar-refractivity contribution in [1.82, 2.24) is 10.0 Å². The monoisotopic (exact) mass is 401 g/mol. The number of carbonyl (C=O) groups excluding carboxylic acids is 2. The van der Waals surface area contributed by atoms with Crippen LogP contribution in [0.2, 0.25) is 4.34 Å². The van der Waals surface area contributed by atoms with Gasteiger partial charge >= 0.3 is 0 Å². The molecule has 1 heterocycles. The molecule has 0 aliphatic heterocycles. The van der Waals surface area contributed by atoms with Crippen LogP contribution in [0.5, 0.6) is 0 Å². The van der Waals surface area contributed by atoms with E-state index < -0.39 is 10.0 Å². The fraction of sp³-hybridized carbons (Fsp3) is 0.200. The molecule has 25 heavy (non-hydrogen) atoms. The summed E-state index contributed by atoms with van der Waals surface area (Å²) in [5.41, 5.74) is 0.994. The van der Waals surface area contributed by atoms with Gasteiger partial charge in [-0.1, -0.05) is 11.6 Å². The number of amides is 2. The third-order valence-corrected chi connectivity index (χ3v) is 6.17. The van der Waals surface area contributed by atoms with Crippen LogP contribution < -0.4 is 15.4 Å². The van der Waals surface area contributed by atoms with E-state index >= 15 is 0 Å².